The number of carbonyl (C=O) groups excluding carboxylic acids is 1. The van der Waals surface area contributed by atoms with Gasteiger partial charge in [-0.05, 0) is 12.5 Å². The van der Waals surface area contributed by atoms with E-state index in [-0.39, 0.29) is 28.9 Å². The minimum absolute atomic E-state index is 0.00364. The second-order valence-corrected chi connectivity index (χ2v) is 5.46. The molecular formula is C16H20F2N6O. The van der Waals surface area contributed by atoms with Crippen LogP contribution in [0.3, 0.4) is 0 Å². The Bertz CT molecular complexity index is 755. The number of hydrogen-bond acceptors (Lipinski definition) is 6. The molecule has 2 heterocycles. The van der Waals surface area contributed by atoms with Crippen molar-refractivity contribution in [2.75, 3.05) is 17.2 Å². The zero-order valence-electron chi connectivity index (χ0n) is 13.7. The number of nitrogens with zero attached hydrogens (tertiary/aromatic N) is 2. The summed E-state index contributed by atoms with van der Waals surface area (Å²) in [4.78, 5) is 19.3. The fraction of sp³-hybridized carbons (Fsp3) is 0.312. The average Bonchev–Trinajstić information content (AvgIpc) is 2.56. The van der Waals surface area contributed by atoms with Crippen LogP contribution >= 0.6 is 0 Å². The van der Waals surface area contributed by atoms with E-state index in [9.17, 15) is 13.6 Å². The van der Waals surface area contributed by atoms with Gasteiger partial charge in [-0.2, -0.15) is 0 Å². The monoisotopic (exact) mass is 350 g/mol. The van der Waals surface area contributed by atoms with Gasteiger partial charge in [-0.1, -0.05) is 13.3 Å². The normalized spacial score (nSPS) is 11.8. The third-order valence-corrected chi connectivity index (χ3v) is 3.47. The standard InChI is InChI=1S/C16H20F2N6O/c1-2-3-10(6-19)22-16-13(18)5-12(14(20)25)15(24-16)23-11-4-9(17)7-21-8-11/h4-5,7-8,10H,2-3,6,19H2,1H3,(H2,20,25)(H2,22,23,24)/t10-/m1/s1. The van der Waals surface area contributed by atoms with Gasteiger partial charge in [-0.15, -0.1) is 0 Å². The molecule has 7 nitrogen and oxygen atoms in total. The molecule has 1 amide bonds. The van der Waals surface area contributed by atoms with Crippen LogP contribution in [0.25, 0.3) is 0 Å². The number of nitrogens with one attached hydrogen (secondary N) is 2. The predicted molar refractivity (Wildman–Crippen MR) is 91.6 cm³/mol. The first kappa shape index (κ1) is 18.5. The molecule has 134 valence electrons. The number of halogens is 2. The molecule has 0 spiro atoms. The van der Waals surface area contributed by atoms with Crippen LogP contribution in [0.2, 0.25) is 0 Å². The van der Waals surface area contributed by atoms with Crippen LogP contribution in [0.1, 0.15) is 30.1 Å². The number of primary amides is 1. The SMILES string of the molecule is CCC[C@H](CN)Nc1nc(Nc2cncc(F)c2)c(C(N)=O)cc1F. The number of nitrogens with two attached hydrogens (primary N) is 2. The van der Waals surface area contributed by atoms with E-state index >= 15 is 0 Å². The summed E-state index contributed by atoms with van der Waals surface area (Å²) in [6.07, 6.45) is 3.95. The number of carbonyl (C=O) groups is 1. The van der Waals surface area contributed by atoms with Gasteiger partial charge in [-0.3, -0.25) is 9.78 Å². The highest BCUT2D eigenvalue weighted by Gasteiger charge is 2.18. The molecule has 6 N–H and O–H groups in total. The fourth-order valence-electron chi connectivity index (χ4n) is 2.28. The molecule has 2 rings (SSSR count). The molecule has 2 aromatic rings. The zero-order chi connectivity index (χ0) is 18.4. The van der Waals surface area contributed by atoms with E-state index in [0.717, 1.165) is 31.2 Å². The molecule has 0 saturated carbocycles. The molecule has 0 fully saturated rings. The Kier molecular flexibility index (Phi) is 6.18. The maximum atomic E-state index is 14.3. The number of amides is 1. The average molecular weight is 350 g/mol. The summed E-state index contributed by atoms with van der Waals surface area (Å²) in [7, 11) is 0. The minimum Gasteiger partial charge on any atom is -0.365 e. The number of rotatable bonds is 8. The largest absolute Gasteiger partial charge is 0.365 e. The van der Waals surface area contributed by atoms with E-state index in [1.54, 1.807) is 0 Å². The van der Waals surface area contributed by atoms with Crippen molar-refractivity contribution in [2.24, 2.45) is 11.5 Å². The summed E-state index contributed by atoms with van der Waals surface area (Å²) in [6.45, 7) is 2.28. The summed E-state index contributed by atoms with van der Waals surface area (Å²) < 4.78 is 27.5. The summed E-state index contributed by atoms with van der Waals surface area (Å²) in [5.41, 5.74) is 11.0. The molecule has 0 aromatic carbocycles. The van der Waals surface area contributed by atoms with Crippen molar-refractivity contribution < 1.29 is 13.6 Å². The molecule has 0 bridgehead atoms. The first-order chi connectivity index (χ1) is 11.9. The van der Waals surface area contributed by atoms with Crippen molar-refractivity contribution in [1.29, 1.82) is 0 Å². The van der Waals surface area contributed by atoms with Crippen LogP contribution in [-0.2, 0) is 0 Å². The molecule has 2 aromatic heterocycles. The van der Waals surface area contributed by atoms with E-state index in [2.05, 4.69) is 20.6 Å². The van der Waals surface area contributed by atoms with Crippen molar-refractivity contribution in [3.63, 3.8) is 0 Å². The first-order valence-electron chi connectivity index (χ1n) is 7.79. The Hall–Kier alpha value is -2.81. The highest BCUT2D eigenvalue weighted by molar-refractivity contribution is 5.98. The summed E-state index contributed by atoms with van der Waals surface area (Å²) in [5.74, 6) is -2.24. The van der Waals surface area contributed by atoms with Gasteiger partial charge in [-0.25, -0.2) is 13.8 Å². The molecule has 25 heavy (non-hydrogen) atoms. The molecule has 1 atom stereocenters. The van der Waals surface area contributed by atoms with Crippen LogP contribution < -0.4 is 22.1 Å². The Morgan fingerprint density at radius 1 is 1.28 bits per heavy atom. The van der Waals surface area contributed by atoms with E-state index in [1.807, 2.05) is 6.92 Å². The lowest BCUT2D eigenvalue weighted by Crippen LogP contribution is -2.29. The number of hydrogen-bond donors (Lipinski definition) is 4. The van der Waals surface area contributed by atoms with Crippen LogP contribution in [0.5, 0.6) is 0 Å². The summed E-state index contributed by atoms with van der Waals surface area (Å²) in [5, 5.41) is 5.64. The Morgan fingerprint density at radius 3 is 2.64 bits per heavy atom. The topological polar surface area (TPSA) is 119 Å². The van der Waals surface area contributed by atoms with Gasteiger partial charge < -0.3 is 22.1 Å². The third kappa shape index (κ3) is 4.83. The Balaban J connectivity index is 2.38. The Morgan fingerprint density at radius 2 is 2.04 bits per heavy atom. The lowest BCUT2D eigenvalue weighted by molar-refractivity contribution is 0.100. The second kappa shape index (κ2) is 8.34. The van der Waals surface area contributed by atoms with Crippen LogP contribution in [-0.4, -0.2) is 28.5 Å². The molecular weight excluding hydrogens is 330 g/mol. The molecule has 0 aliphatic carbocycles. The fourth-order valence-corrected chi connectivity index (χ4v) is 2.28. The van der Waals surface area contributed by atoms with Crippen molar-refractivity contribution in [2.45, 2.75) is 25.8 Å². The van der Waals surface area contributed by atoms with Crippen LogP contribution in [0.15, 0.2) is 24.5 Å². The Labute approximate surface area is 143 Å². The second-order valence-electron chi connectivity index (χ2n) is 5.46. The van der Waals surface area contributed by atoms with Gasteiger partial charge in [0.15, 0.2) is 11.6 Å². The van der Waals surface area contributed by atoms with Gasteiger partial charge in [0.2, 0.25) is 0 Å². The quantitative estimate of drug-likeness (QED) is 0.579. The highest BCUT2D eigenvalue weighted by Crippen LogP contribution is 2.24. The smallest absolute Gasteiger partial charge is 0.252 e. The summed E-state index contributed by atoms with van der Waals surface area (Å²) in [6, 6.07) is 1.97. The number of pyridine rings is 2. The third-order valence-electron chi connectivity index (χ3n) is 3.47. The van der Waals surface area contributed by atoms with Gasteiger partial charge >= 0.3 is 0 Å². The summed E-state index contributed by atoms with van der Waals surface area (Å²) >= 11 is 0. The van der Waals surface area contributed by atoms with E-state index in [0.29, 0.717) is 6.54 Å². The number of anilines is 3. The van der Waals surface area contributed by atoms with Crippen molar-refractivity contribution >= 4 is 23.2 Å². The first-order valence-corrected chi connectivity index (χ1v) is 7.79. The molecule has 9 heteroatoms. The van der Waals surface area contributed by atoms with Gasteiger partial charge in [0.05, 0.1) is 23.6 Å². The molecule has 0 saturated heterocycles. The number of aromatic nitrogens is 2. The zero-order valence-corrected chi connectivity index (χ0v) is 13.7. The van der Waals surface area contributed by atoms with E-state index in [1.165, 1.54) is 6.20 Å². The lowest BCUT2D eigenvalue weighted by Gasteiger charge is -2.18. The van der Waals surface area contributed by atoms with Gasteiger partial charge in [0, 0.05) is 18.7 Å². The van der Waals surface area contributed by atoms with Crippen molar-refractivity contribution in [3.8, 4) is 0 Å². The van der Waals surface area contributed by atoms with Crippen molar-refractivity contribution in [3.05, 3.63) is 41.7 Å². The minimum atomic E-state index is -0.867. The predicted octanol–water partition coefficient (Wildman–Crippen LogP) is 2.14. The molecule has 0 aliphatic rings. The lowest BCUT2D eigenvalue weighted by atomic mass is 10.1. The van der Waals surface area contributed by atoms with Gasteiger partial charge in [0.25, 0.3) is 5.91 Å². The highest BCUT2D eigenvalue weighted by atomic mass is 19.1. The molecule has 0 radical (unpaired) electrons. The molecule has 0 unspecified atom stereocenters. The molecule has 0 aliphatic heterocycles. The van der Waals surface area contributed by atoms with Crippen molar-refractivity contribution in [1.82, 2.24) is 9.97 Å². The van der Waals surface area contributed by atoms with Gasteiger partial charge in [0.1, 0.15) is 11.6 Å². The van der Waals surface area contributed by atoms with E-state index in [4.69, 9.17) is 11.5 Å². The van der Waals surface area contributed by atoms with Crippen LogP contribution in [0, 0.1) is 11.6 Å². The van der Waals surface area contributed by atoms with E-state index < -0.39 is 17.5 Å². The maximum Gasteiger partial charge on any atom is 0.252 e. The maximum absolute atomic E-state index is 14.3. The van der Waals surface area contributed by atoms with Crippen LogP contribution in [0.4, 0.5) is 26.1 Å².